The second kappa shape index (κ2) is 6.93. The monoisotopic (exact) mass is 291 g/mol. The van der Waals surface area contributed by atoms with Crippen molar-refractivity contribution < 1.29 is 5.11 Å². The second-order valence-electron chi connectivity index (χ2n) is 8.42. The van der Waals surface area contributed by atoms with Crippen LogP contribution in [0, 0.1) is 5.41 Å². The Morgan fingerprint density at radius 1 is 1.00 bits per heavy atom. The first kappa shape index (κ1) is 18.2. The van der Waals surface area contributed by atoms with Gasteiger partial charge >= 0.3 is 0 Å². The molecule has 21 heavy (non-hydrogen) atoms. The first-order chi connectivity index (χ1) is 9.49. The van der Waals surface area contributed by atoms with Gasteiger partial charge in [-0.1, -0.05) is 65.8 Å². The van der Waals surface area contributed by atoms with Gasteiger partial charge in [-0.25, -0.2) is 0 Å². The zero-order valence-electron chi connectivity index (χ0n) is 14.8. The Hall–Kier alpha value is -0.860. The molecule has 1 aromatic rings. The van der Waals surface area contributed by atoms with E-state index in [0.29, 0.717) is 6.54 Å². The van der Waals surface area contributed by atoms with Gasteiger partial charge in [0.1, 0.15) is 0 Å². The lowest BCUT2D eigenvalue weighted by molar-refractivity contribution is 0.117. The molecule has 1 aromatic carbocycles. The van der Waals surface area contributed by atoms with E-state index < -0.39 is 0 Å². The fourth-order valence-corrected chi connectivity index (χ4v) is 2.48. The zero-order valence-corrected chi connectivity index (χ0v) is 14.8. The zero-order chi connectivity index (χ0) is 16.3. The maximum absolute atomic E-state index is 10.1. The summed E-state index contributed by atoms with van der Waals surface area (Å²) in [5.74, 6) is 0. The van der Waals surface area contributed by atoms with Gasteiger partial charge in [0.15, 0.2) is 0 Å². The molecule has 0 aliphatic heterocycles. The Morgan fingerprint density at radius 3 is 1.95 bits per heavy atom. The molecule has 120 valence electrons. The van der Waals surface area contributed by atoms with Crippen molar-refractivity contribution in [3.05, 3.63) is 35.4 Å². The van der Waals surface area contributed by atoms with Crippen LogP contribution in [0.4, 0.5) is 0 Å². The Bertz CT molecular complexity index is 422. The molecule has 0 bridgehead atoms. The van der Waals surface area contributed by atoms with Crippen LogP contribution in [0.15, 0.2) is 24.3 Å². The van der Waals surface area contributed by atoms with E-state index in [9.17, 15) is 5.11 Å². The summed E-state index contributed by atoms with van der Waals surface area (Å²) in [7, 11) is 0. The molecule has 2 heteroatoms. The minimum Gasteiger partial charge on any atom is -0.392 e. The highest BCUT2D eigenvalue weighted by atomic mass is 16.3. The van der Waals surface area contributed by atoms with Crippen molar-refractivity contribution in [3.63, 3.8) is 0 Å². The maximum Gasteiger partial charge on any atom is 0.0669 e. The number of hydrogen-bond acceptors (Lipinski definition) is 2. The summed E-state index contributed by atoms with van der Waals surface area (Å²) in [5.41, 5.74) is 2.98. The number of aliphatic hydroxyl groups is 1. The van der Waals surface area contributed by atoms with E-state index in [4.69, 9.17) is 0 Å². The van der Waals surface area contributed by atoms with Gasteiger partial charge in [-0.3, -0.25) is 0 Å². The molecule has 0 saturated heterocycles. The van der Waals surface area contributed by atoms with Crippen molar-refractivity contribution in [2.45, 2.75) is 72.4 Å². The van der Waals surface area contributed by atoms with E-state index in [1.807, 2.05) is 0 Å². The van der Waals surface area contributed by atoms with E-state index in [1.54, 1.807) is 0 Å². The molecule has 0 saturated carbocycles. The third kappa shape index (κ3) is 6.62. The summed E-state index contributed by atoms with van der Waals surface area (Å²) in [5, 5.41) is 13.5. The summed E-state index contributed by atoms with van der Waals surface area (Å²) in [6.07, 6.45) is 0.525. The highest BCUT2D eigenvalue weighted by Crippen LogP contribution is 2.24. The fourth-order valence-electron chi connectivity index (χ4n) is 2.48. The van der Waals surface area contributed by atoms with Gasteiger partial charge in [-0.2, -0.15) is 0 Å². The normalized spacial score (nSPS) is 15.8. The highest BCUT2D eigenvalue weighted by Gasteiger charge is 2.18. The van der Waals surface area contributed by atoms with Crippen LogP contribution in [0.2, 0.25) is 0 Å². The van der Waals surface area contributed by atoms with Crippen molar-refractivity contribution in [1.29, 1.82) is 0 Å². The largest absolute Gasteiger partial charge is 0.392 e. The third-order valence-electron chi connectivity index (χ3n) is 3.78. The lowest BCUT2D eigenvalue weighted by Crippen LogP contribution is -2.31. The van der Waals surface area contributed by atoms with Gasteiger partial charge in [0.2, 0.25) is 0 Å². The van der Waals surface area contributed by atoms with Crippen LogP contribution < -0.4 is 5.32 Å². The van der Waals surface area contributed by atoms with Gasteiger partial charge in [0.05, 0.1) is 6.10 Å². The van der Waals surface area contributed by atoms with Gasteiger partial charge in [-0.05, 0) is 35.3 Å². The number of aliphatic hydroxyl groups excluding tert-OH is 1. The van der Waals surface area contributed by atoms with Crippen molar-refractivity contribution in [2.75, 3.05) is 6.54 Å². The summed E-state index contributed by atoms with van der Waals surface area (Å²) < 4.78 is 0. The van der Waals surface area contributed by atoms with Crippen molar-refractivity contribution >= 4 is 0 Å². The molecule has 2 unspecified atom stereocenters. The average Bonchev–Trinajstić information content (AvgIpc) is 2.33. The standard InChI is InChI=1S/C19H33NO/c1-14(20-13-17(21)12-18(2,3)4)15-8-10-16(11-9-15)19(5,6)7/h8-11,14,17,20-21H,12-13H2,1-7H3. The topological polar surface area (TPSA) is 32.3 Å². The number of hydrogen-bond donors (Lipinski definition) is 2. The van der Waals surface area contributed by atoms with Gasteiger partial charge in [-0.15, -0.1) is 0 Å². The average molecular weight is 291 g/mol. The molecular weight excluding hydrogens is 258 g/mol. The lowest BCUT2D eigenvalue weighted by atomic mass is 9.86. The minimum absolute atomic E-state index is 0.165. The molecule has 0 radical (unpaired) electrons. The molecule has 2 N–H and O–H groups in total. The Morgan fingerprint density at radius 2 is 1.52 bits per heavy atom. The summed E-state index contributed by atoms with van der Waals surface area (Å²) in [4.78, 5) is 0. The van der Waals surface area contributed by atoms with Crippen LogP contribution in [0.25, 0.3) is 0 Å². The van der Waals surface area contributed by atoms with E-state index in [2.05, 4.69) is 78.0 Å². The first-order valence-electron chi connectivity index (χ1n) is 8.01. The smallest absolute Gasteiger partial charge is 0.0669 e. The van der Waals surface area contributed by atoms with Crippen molar-refractivity contribution in [3.8, 4) is 0 Å². The summed E-state index contributed by atoms with van der Waals surface area (Å²) in [6, 6.07) is 9.05. The molecule has 0 aliphatic carbocycles. The summed E-state index contributed by atoms with van der Waals surface area (Å²) >= 11 is 0. The predicted octanol–water partition coefficient (Wildman–Crippen LogP) is 4.43. The van der Waals surface area contributed by atoms with Crippen LogP contribution in [0.3, 0.4) is 0 Å². The van der Waals surface area contributed by atoms with Crippen LogP contribution in [0.1, 0.15) is 72.1 Å². The van der Waals surface area contributed by atoms with Crippen molar-refractivity contribution in [1.82, 2.24) is 5.32 Å². The van der Waals surface area contributed by atoms with E-state index >= 15 is 0 Å². The van der Waals surface area contributed by atoms with Crippen molar-refractivity contribution in [2.24, 2.45) is 5.41 Å². The van der Waals surface area contributed by atoms with Gasteiger partial charge in [0.25, 0.3) is 0 Å². The third-order valence-corrected chi connectivity index (χ3v) is 3.78. The molecule has 2 nitrogen and oxygen atoms in total. The molecule has 2 atom stereocenters. The Labute approximate surface area is 131 Å². The van der Waals surface area contributed by atoms with Crippen LogP contribution in [-0.2, 0) is 5.41 Å². The molecule has 0 spiro atoms. The molecule has 0 heterocycles. The molecule has 0 aromatic heterocycles. The van der Waals surface area contributed by atoms with E-state index in [1.165, 1.54) is 11.1 Å². The number of benzene rings is 1. The SMILES string of the molecule is CC(NCC(O)CC(C)(C)C)c1ccc(C(C)(C)C)cc1. The Balaban J connectivity index is 2.54. The fraction of sp³-hybridized carbons (Fsp3) is 0.684. The highest BCUT2D eigenvalue weighted by molar-refractivity contribution is 5.29. The van der Waals surface area contributed by atoms with Gasteiger partial charge < -0.3 is 10.4 Å². The molecule has 0 amide bonds. The quantitative estimate of drug-likeness (QED) is 0.841. The number of rotatable bonds is 5. The maximum atomic E-state index is 10.1. The van der Waals surface area contributed by atoms with Crippen LogP contribution in [-0.4, -0.2) is 17.8 Å². The Kier molecular flexibility index (Phi) is 6.01. The van der Waals surface area contributed by atoms with Crippen LogP contribution >= 0.6 is 0 Å². The lowest BCUT2D eigenvalue weighted by Gasteiger charge is -2.24. The first-order valence-corrected chi connectivity index (χ1v) is 8.01. The molecule has 1 rings (SSSR count). The van der Waals surface area contributed by atoms with Gasteiger partial charge in [0, 0.05) is 12.6 Å². The number of nitrogens with one attached hydrogen (secondary N) is 1. The molecule has 0 aliphatic rings. The minimum atomic E-state index is -0.290. The summed E-state index contributed by atoms with van der Waals surface area (Å²) in [6.45, 7) is 15.9. The molecular formula is C19H33NO. The second-order valence-corrected chi connectivity index (χ2v) is 8.42. The van der Waals surface area contributed by atoms with E-state index in [0.717, 1.165) is 6.42 Å². The van der Waals surface area contributed by atoms with Crippen LogP contribution in [0.5, 0.6) is 0 Å². The molecule has 0 fully saturated rings. The predicted molar refractivity (Wildman–Crippen MR) is 91.6 cm³/mol. The van der Waals surface area contributed by atoms with E-state index in [-0.39, 0.29) is 23.0 Å².